The van der Waals surface area contributed by atoms with Crippen LogP contribution < -0.4 is 14.8 Å². The van der Waals surface area contributed by atoms with Crippen LogP contribution in [0.1, 0.15) is 58.9 Å². The summed E-state index contributed by atoms with van der Waals surface area (Å²) in [5.74, 6) is 0.751. The second-order valence-electron chi connectivity index (χ2n) is 10.0. The predicted molar refractivity (Wildman–Crippen MR) is 138 cm³/mol. The molecule has 1 aliphatic carbocycles. The maximum Gasteiger partial charge on any atom is 0.252 e. The zero-order chi connectivity index (χ0) is 25.3. The molecule has 0 bridgehead atoms. The number of benzene rings is 1. The van der Waals surface area contributed by atoms with E-state index in [1.165, 1.54) is 0 Å². The first-order chi connectivity index (χ1) is 16.7. The predicted octanol–water partition coefficient (Wildman–Crippen LogP) is 4.71. The van der Waals surface area contributed by atoms with Crippen molar-refractivity contribution in [3.05, 3.63) is 44.7 Å². The van der Waals surface area contributed by atoms with Crippen molar-refractivity contribution in [2.75, 3.05) is 39.5 Å². The summed E-state index contributed by atoms with van der Waals surface area (Å²) in [7, 11) is 0. The SMILES string of the molecule is CCOc1cc([C@@H]2C(C(=O)N3CCOCC3)=C(C)NC3=C2C(=O)CC(C)(C)C3)cc(Br)c1OCC. The second-order valence-corrected chi connectivity index (χ2v) is 10.9. The van der Waals surface area contributed by atoms with Crippen LogP contribution in [0.5, 0.6) is 11.5 Å². The summed E-state index contributed by atoms with van der Waals surface area (Å²) in [6, 6.07) is 3.88. The van der Waals surface area contributed by atoms with Crippen molar-refractivity contribution >= 4 is 27.6 Å². The molecule has 0 unspecified atom stereocenters. The molecule has 1 saturated heterocycles. The number of hydrogen-bond acceptors (Lipinski definition) is 6. The Balaban J connectivity index is 1.89. The number of dihydropyridines is 1. The van der Waals surface area contributed by atoms with Crippen molar-refractivity contribution in [3.8, 4) is 11.5 Å². The van der Waals surface area contributed by atoms with Crippen LogP contribution >= 0.6 is 15.9 Å². The van der Waals surface area contributed by atoms with E-state index in [4.69, 9.17) is 14.2 Å². The molecule has 1 aromatic rings. The molecular formula is C27H35BrN2O5. The maximum absolute atomic E-state index is 13.9. The van der Waals surface area contributed by atoms with Gasteiger partial charge in [-0.25, -0.2) is 0 Å². The van der Waals surface area contributed by atoms with Crippen LogP contribution in [0.15, 0.2) is 39.1 Å². The lowest BCUT2D eigenvalue weighted by Gasteiger charge is -2.41. The normalized spacial score (nSPS) is 22.1. The number of nitrogens with zero attached hydrogens (tertiary/aromatic N) is 1. The summed E-state index contributed by atoms with van der Waals surface area (Å²) >= 11 is 3.66. The quantitative estimate of drug-likeness (QED) is 0.556. The Morgan fingerprint density at radius 3 is 2.51 bits per heavy atom. The summed E-state index contributed by atoms with van der Waals surface area (Å²) in [5, 5.41) is 3.45. The number of hydrogen-bond donors (Lipinski definition) is 1. The molecular weight excluding hydrogens is 512 g/mol. The summed E-state index contributed by atoms with van der Waals surface area (Å²) < 4.78 is 18.0. The summed E-state index contributed by atoms with van der Waals surface area (Å²) in [4.78, 5) is 29.3. The molecule has 1 fully saturated rings. The van der Waals surface area contributed by atoms with Gasteiger partial charge in [-0.15, -0.1) is 0 Å². The Hall–Kier alpha value is -2.32. The third-order valence-electron chi connectivity index (χ3n) is 6.72. The minimum Gasteiger partial charge on any atom is -0.490 e. The van der Waals surface area contributed by atoms with Crippen molar-refractivity contribution in [1.29, 1.82) is 0 Å². The van der Waals surface area contributed by atoms with E-state index in [0.29, 0.717) is 68.6 Å². The van der Waals surface area contributed by atoms with Crippen LogP contribution in [-0.4, -0.2) is 56.1 Å². The molecule has 0 spiro atoms. The van der Waals surface area contributed by atoms with Gasteiger partial charge in [-0.05, 0) is 66.2 Å². The standard InChI is InChI=1S/C27H35BrN2O5/c1-6-34-21-13-17(12-18(28)25(21)35-7-2)23-22(26(32)30-8-10-33-11-9-30)16(3)29-19-14-27(4,5)15-20(31)24(19)23/h12-13,23,29H,6-11,14-15H2,1-5H3/t23-/m1/s1. The van der Waals surface area contributed by atoms with E-state index < -0.39 is 5.92 Å². The highest BCUT2D eigenvalue weighted by Crippen LogP contribution is 2.49. The molecule has 1 amide bonds. The highest BCUT2D eigenvalue weighted by atomic mass is 79.9. The fourth-order valence-electron chi connectivity index (χ4n) is 5.29. The lowest BCUT2D eigenvalue weighted by Crippen LogP contribution is -2.45. The van der Waals surface area contributed by atoms with Gasteiger partial charge in [0.2, 0.25) is 0 Å². The Labute approximate surface area is 216 Å². The van der Waals surface area contributed by atoms with Gasteiger partial charge in [0.15, 0.2) is 17.3 Å². The molecule has 35 heavy (non-hydrogen) atoms. The fraction of sp³-hybridized carbons (Fsp3) is 0.556. The molecule has 3 aliphatic rings. The first-order valence-corrected chi connectivity index (χ1v) is 13.2. The largest absolute Gasteiger partial charge is 0.490 e. The van der Waals surface area contributed by atoms with Crippen molar-refractivity contribution in [2.24, 2.45) is 5.41 Å². The van der Waals surface area contributed by atoms with E-state index in [2.05, 4.69) is 35.1 Å². The molecule has 190 valence electrons. The molecule has 0 aromatic heterocycles. The van der Waals surface area contributed by atoms with Crippen LogP contribution in [0, 0.1) is 5.41 Å². The lowest BCUT2D eigenvalue weighted by atomic mass is 9.68. The minimum atomic E-state index is -0.489. The van der Waals surface area contributed by atoms with Gasteiger partial charge in [-0.2, -0.15) is 0 Å². The van der Waals surface area contributed by atoms with Gasteiger partial charge in [0.05, 0.1) is 30.9 Å². The molecule has 1 N–H and O–H groups in total. The fourth-order valence-corrected chi connectivity index (χ4v) is 5.87. The molecule has 1 atom stereocenters. The zero-order valence-corrected chi connectivity index (χ0v) is 22.8. The summed E-state index contributed by atoms with van der Waals surface area (Å²) in [5.41, 5.74) is 3.69. The van der Waals surface area contributed by atoms with Crippen LogP contribution in [-0.2, 0) is 14.3 Å². The topological polar surface area (TPSA) is 77.1 Å². The third kappa shape index (κ3) is 5.14. The molecule has 7 nitrogen and oxygen atoms in total. The van der Waals surface area contributed by atoms with E-state index in [9.17, 15) is 9.59 Å². The van der Waals surface area contributed by atoms with Crippen LogP contribution in [0.25, 0.3) is 0 Å². The van der Waals surface area contributed by atoms with E-state index in [0.717, 1.165) is 27.9 Å². The first-order valence-electron chi connectivity index (χ1n) is 12.4. The number of carbonyl (C=O) groups excluding carboxylic acids is 2. The molecule has 4 rings (SSSR count). The molecule has 2 aliphatic heterocycles. The van der Waals surface area contributed by atoms with E-state index in [-0.39, 0.29) is 17.1 Å². The highest BCUT2D eigenvalue weighted by Gasteiger charge is 2.44. The number of Topliss-reactive ketones (excluding diaryl/α,β-unsaturated/α-hetero) is 1. The van der Waals surface area contributed by atoms with Crippen molar-refractivity contribution in [1.82, 2.24) is 10.2 Å². The van der Waals surface area contributed by atoms with Crippen molar-refractivity contribution in [2.45, 2.75) is 53.4 Å². The lowest BCUT2D eigenvalue weighted by molar-refractivity contribution is -0.131. The van der Waals surface area contributed by atoms with Gasteiger partial charge in [-0.3, -0.25) is 9.59 Å². The zero-order valence-electron chi connectivity index (χ0n) is 21.3. The summed E-state index contributed by atoms with van der Waals surface area (Å²) in [6.45, 7) is 13.1. The number of allylic oxidation sites excluding steroid dienone is 3. The Kier molecular flexibility index (Phi) is 7.62. The smallest absolute Gasteiger partial charge is 0.252 e. The van der Waals surface area contributed by atoms with Crippen molar-refractivity contribution in [3.63, 3.8) is 0 Å². The number of nitrogens with one attached hydrogen (secondary N) is 1. The Bertz CT molecular complexity index is 1090. The number of rotatable bonds is 6. The van der Waals surface area contributed by atoms with E-state index in [1.54, 1.807) is 0 Å². The van der Waals surface area contributed by atoms with Gasteiger partial charge < -0.3 is 24.4 Å². The number of ether oxygens (including phenoxy) is 3. The molecule has 0 saturated carbocycles. The summed E-state index contributed by atoms with van der Waals surface area (Å²) in [6.07, 6.45) is 1.19. The third-order valence-corrected chi connectivity index (χ3v) is 7.31. The molecule has 0 radical (unpaired) electrons. The number of amides is 1. The average molecular weight is 547 g/mol. The van der Waals surface area contributed by atoms with Gasteiger partial charge >= 0.3 is 0 Å². The molecule has 1 aromatic carbocycles. The number of halogens is 1. The number of carbonyl (C=O) groups is 2. The van der Waals surface area contributed by atoms with Gasteiger partial charge in [0.1, 0.15) is 0 Å². The van der Waals surface area contributed by atoms with Gasteiger partial charge in [-0.1, -0.05) is 13.8 Å². The van der Waals surface area contributed by atoms with Crippen LogP contribution in [0.3, 0.4) is 0 Å². The van der Waals surface area contributed by atoms with E-state index in [1.807, 2.05) is 37.8 Å². The van der Waals surface area contributed by atoms with Gasteiger partial charge in [0.25, 0.3) is 5.91 Å². The van der Waals surface area contributed by atoms with Gasteiger partial charge in [0, 0.05) is 48.0 Å². The van der Waals surface area contributed by atoms with Crippen LogP contribution in [0.2, 0.25) is 0 Å². The highest BCUT2D eigenvalue weighted by molar-refractivity contribution is 9.10. The molecule has 2 heterocycles. The minimum absolute atomic E-state index is 0.0598. The number of ketones is 1. The van der Waals surface area contributed by atoms with Crippen LogP contribution in [0.4, 0.5) is 0 Å². The Morgan fingerprint density at radius 2 is 1.86 bits per heavy atom. The van der Waals surface area contributed by atoms with Crippen molar-refractivity contribution < 1.29 is 23.8 Å². The monoisotopic (exact) mass is 546 g/mol. The first kappa shape index (κ1) is 25.8. The van der Waals surface area contributed by atoms with E-state index >= 15 is 0 Å². The Morgan fingerprint density at radius 1 is 1.17 bits per heavy atom. The second kappa shape index (κ2) is 10.3. The molecule has 8 heteroatoms. The number of morpholine rings is 1. The maximum atomic E-state index is 13.9. The average Bonchev–Trinajstić information content (AvgIpc) is 2.79.